The topological polar surface area (TPSA) is 83.6 Å². The summed E-state index contributed by atoms with van der Waals surface area (Å²) in [5, 5.41) is 5.60. The Morgan fingerprint density at radius 2 is 1.87 bits per heavy atom. The molecule has 7 nitrogen and oxygen atoms in total. The van der Waals surface area contributed by atoms with Crippen molar-refractivity contribution < 1.29 is 14.3 Å². The summed E-state index contributed by atoms with van der Waals surface area (Å²) >= 11 is 0. The lowest BCUT2D eigenvalue weighted by Gasteiger charge is -2.26. The minimum Gasteiger partial charge on any atom is -0.379 e. The van der Waals surface area contributed by atoms with Crippen molar-refractivity contribution in [1.82, 2.24) is 20.5 Å². The molecule has 0 aliphatic carbocycles. The Kier molecular flexibility index (Phi) is 6.49. The molecule has 1 aliphatic heterocycles. The third kappa shape index (κ3) is 5.61. The van der Waals surface area contributed by atoms with Crippen molar-refractivity contribution in [2.24, 2.45) is 0 Å². The molecule has 2 N–H and O–H groups in total. The maximum atomic E-state index is 12.1. The Hall–Kier alpha value is -1.99. The van der Waals surface area contributed by atoms with Crippen molar-refractivity contribution in [3.8, 4) is 0 Å². The summed E-state index contributed by atoms with van der Waals surface area (Å²) in [5.74, 6) is -0.541. The smallest absolute Gasteiger partial charge is 0.270 e. The fourth-order valence-corrected chi connectivity index (χ4v) is 2.27. The highest BCUT2D eigenvalue weighted by atomic mass is 16.5. The van der Waals surface area contributed by atoms with Gasteiger partial charge in [0.05, 0.1) is 13.2 Å². The largest absolute Gasteiger partial charge is 0.379 e. The number of morpholine rings is 1. The van der Waals surface area contributed by atoms with Crippen LogP contribution in [-0.2, 0) is 4.74 Å². The third-order valence-corrected chi connectivity index (χ3v) is 3.45. The zero-order valence-electron chi connectivity index (χ0n) is 13.7. The molecule has 2 heterocycles. The summed E-state index contributed by atoms with van der Waals surface area (Å²) in [7, 11) is 0. The van der Waals surface area contributed by atoms with E-state index in [1.807, 2.05) is 13.8 Å². The van der Waals surface area contributed by atoms with Crippen molar-refractivity contribution >= 4 is 11.8 Å². The second-order valence-corrected chi connectivity index (χ2v) is 5.75. The van der Waals surface area contributed by atoms with Gasteiger partial charge >= 0.3 is 0 Å². The number of nitrogens with zero attached hydrogens (tertiary/aromatic N) is 2. The van der Waals surface area contributed by atoms with Gasteiger partial charge in [-0.15, -0.1) is 0 Å². The minimum absolute atomic E-state index is 0.0234. The maximum absolute atomic E-state index is 12.1. The summed E-state index contributed by atoms with van der Waals surface area (Å²) in [4.78, 5) is 30.4. The highest BCUT2D eigenvalue weighted by Gasteiger charge is 2.14. The number of nitrogens with one attached hydrogen (secondary N) is 2. The van der Waals surface area contributed by atoms with Crippen molar-refractivity contribution in [3.63, 3.8) is 0 Å². The number of carbonyl (C=O) groups excluding carboxylic acids is 2. The summed E-state index contributed by atoms with van der Waals surface area (Å²) in [6, 6.07) is 4.90. The molecular formula is C16H24N4O3. The Morgan fingerprint density at radius 3 is 2.52 bits per heavy atom. The average Bonchev–Trinajstić information content (AvgIpc) is 2.55. The number of ether oxygens (including phenoxy) is 1. The molecule has 0 atom stereocenters. The summed E-state index contributed by atoms with van der Waals surface area (Å²) in [6.07, 6.45) is 0. The summed E-state index contributed by atoms with van der Waals surface area (Å²) in [6.45, 7) is 8.33. The first-order valence-corrected chi connectivity index (χ1v) is 7.92. The number of aromatic nitrogens is 1. The van der Waals surface area contributed by atoms with Crippen LogP contribution in [0.3, 0.4) is 0 Å². The zero-order chi connectivity index (χ0) is 16.7. The first-order valence-electron chi connectivity index (χ1n) is 7.92. The molecule has 1 aromatic heterocycles. The number of rotatable bonds is 6. The molecule has 0 radical (unpaired) electrons. The van der Waals surface area contributed by atoms with E-state index in [2.05, 4.69) is 20.5 Å². The van der Waals surface area contributed by atoms with Gasteiger partial charge in [0.15, 0.2) is 0 Å². The van der Waals surface area contributed by atoms with E-state index < -0.39 is 0 Å². The van der Waals surface area contributed by atoms with E-state index in [1.54, 1.807) is 18.2 Å². The molecule has 2 amide bonds. The van der Waals surface area contributed by atoms with Crippen LogP contribution in [0.4, 0.5) is 0 Å². The lowest BCUT2D eigenvalue weighted by molar-refractivity contribution is 0.0383. The van der Waals surface area contributed by atoms with Crippen molar-refractivity contribution in [1.29, 1.82) is 0 Å². The number of pyridine rings is 1. The zero-order valence-corrected chi connectivity index (χ0v) is 13.7. The van der Waals surface area contributed by atoms with Gasteiger partial charge in [-0.25, -0.2) is 4.98 Å². The first kappa shape index (κ1) is 17.4. The fourth-order valence-electron chi connectivity index (χ4n) is 2.27. The summed E-state index contributed by atoms with van der Waals surface area (Å²) < 4.78 is 5.28. The maximum Gasteiger partial charge on any atom is 0.270 e. The Morgan fingerprint density at radius 1 is 1.22 bits per heavy atom. The van der Waals surface area contributed by atoms with E-state index in [1.165, 1.54) is 0 Å². The van der Waals surface area contributed by atoms with E-state index >= 15 is 0 Å². The predicted octanol–water partition coefficient (Wildman–Crippen LogP) is 0.282. The highest BCUT2D eigenvalue weighted by Crippen LogP contribution is 2.01. The molecule has 7 heteroatoms. The standard InChI is InChI=1S/C16H24N4O3/c1-12(2)18-16(22)14-5-3-4-13(19-14)15(21)17-6-7-20-8-10-23-11-9-20/h3-5,12H,6-11H2,1-2H3,(H,17,21)(H,18,22). The van der Waals surface area contributed by atoms with E-state index in [0.29, 0.717) is 6.54 Å². The molecule has 0 aromatic carbocycles. The molecule has 0 unspecified atom stereocenters. The van der Waals surface area contributed by atoms with Gasteiger partial charge in [0, 0.05) is 32.2 Å². The number of carbonyl (C=O) groups is 2. The lowest BCUT2D eigenvalue weighted by Crippen LogP contribution is -2.41. The number of hydrogen-bond donors (Lipinski definition) is 2. The van der Waals surface area contributed by atoms with Crippen LogP contribution in [0.2, 0.25) is 0 Å². The van der Waals surface area contributed by atoms with Crippen LogP contribution < -0.4 is 10.6 Å². The summed E-state index contributed by atoms with van der Waals surface area (Å²) in [5.41, 5.74) is 0.503. The molecule has 1 aliphatic rings. The van der Waals surface area contributed by atoms with Gasteiger partial charge < -0.3 is 15.4 Å². The highest BCUT2D eigenvalue weighted by molar-refractivity contribution is 5.96. The second kappa shape index (κ2) is 8.59. The molecule has 1 aromatic rings. The van der Waals surface area contributed by atoms with Crippen LogP contribution in [0.1, 0.15) is 34.8 Å². The number of hydrogen-bond acceptors (Lipinski definition) is 5. The van der Waals surface area contributed by atoms with Crippen molar-refractivity contribution in [2.45, 2.75) is 19.9 Å². The van der Waals surface area contributed by atoms with Crippen LogP contribution in [-0.4, -0.2) is 67.1 Å². The Labute approximate surface area is 136 Å². The van der Waals surface area contributed by atoms with Gasteiger partial charge in [-0.2, -0.15) is 0 Å². The lowest BCUT2D eigenvalue weighted by atomic mass is 10.2. The molecule has 0 saturated carbocycles. The quantitative estimate of drug-likeness (QED) is 0.787. The molecule has 0 bridgehead atoms. The minimum atomic E-state index is -0.275. The van der Waals surface area contributed by atoms with E-state index in [4.69, 9.17) is 4.74 Å². The Bertz CT molecular complexity index is 542. The molecule has 126 valence electrons. The number of amides is 2. The van der Waals surface area contributed by atoms with Gasteiger partial charge in [-0.05, 0) is 26.0 Å². The van der Waals surface area contributed by atoms with Gasteiger partial charge in [-0.1, -0.05) is 6.07 Å². The normalized spacial score (nSPS) is 15.4. The molecule has 2 rings (SSSR count). The van der Waals surface area contributed by atoms with E-state index in [-0.39, 0.29) is 29.2 Å². The van der Waals surface area contributed by atoms with Gasteiger partial charge in [0.1, 0.15) is 11.4 Å². The van der Waals surface area contributed by atoms with Crippen LogP contribution >= 0.6 is 0 Å². The molecular weight excluding hydrogens is 296 g/mol. The van der Waals surface area contributed by atoms with E-state index in [9.17, 15) is 9.59 Å². The van der Waals surface area contributed by atoms with E-state index in [0.717, 1.165) is 32.8 Å². The Balaban J connectivity index is 1.85. The molecule has 0 spiro atoms. The van der Waals surface area contributed by atoms with Crippen molar-refractivity contribution in [3.05, 3.63) is 29.6 Å². The van der Waals surface area contributed by atoms with Crippen LogP contribution in [0.25, 0.3) is 0 Å². The predicted molar refractivity (Wildman–Crippen MR) is 86.4 cm³/mol. The van der Waals surface area contributed by atoms with Gasteiger partial charge in [0.2, 0.25) is 0 Å². The van der Waals surface area contributed by atoms with Crippen LogP contribution in [0.5, 0.6) is 0 Å². The van der Waals surface area contributed by atoms with Crippen molar-refractivity contribution in [2.75, 3.05) is 39.4 Å². The second-order valence-electron chi connectivity index (χ2n) is 5.75. The first-order chi connectivity index (χ1) is 11.1. The molecule has 1 fully saturated rings. The van der Waals surface area contributed by atoms with Gasteiger partial charge in [-0.3, -0.25) is 14.5 Å². The molecule has 23 heavy (non-hydrogen) atoms. The van der Waals surface area contributed by atoms with Crippen LogP contribution in [0.15, 0.2) is 18.2 Å². The fraction of sp³-hybridized carbons (Fsp3) is 0.562. The average molecular weight is 320 g/mol. The van der Waals surface area contributed by atoms with Gasteiger partial charge in [0.25, 0.3) is 11.8 Å². The monoisotopic (exact) mass is 320 g/mol. The molecule has 1 saturated heterocycles. The third-order valence-electron chi connectivity index (χ3n) is 3.45. The SMILES string of the molecule is CC(C)NC(=O)c1cccc(C(=O)NCCN2CCOCC2)n1. The van der Waals surface area contributed by atoms with Crippen LogP contribution in [0, 0.1) is 0 Å².